The average molecular weight is 436 g/mol. The third-order valence-corrected chi connectivity index (χ3v) is 8.14. The number of carbonyl (C=O) groups excluding carboxylic acids is 1. The van der Waals surface area contributed by atoms with Crippen molar-refractivity contribution in [1.82, 2.24) is 15.1 Å². The van der Waals surface area contributed by atoms with Crippen molar-refractivity contribution in [2.75, 3.05) is 13.6 Å². The summed E-state index contributed by atoms with van der Waals surface area (Å²) in [4.78, 5) is 17.1. The molecule has 0 aromatic heterocycles. The Morgan fingerprint density at radius 1 is 1.34 bits per heavy atom. The highest BCUT2D eigenvalue weighted by Crippen LogP contribution is 2.67. The molecule has 2 saturated carbocycles. The van der Waals surface area contributed by atoms with Gasteiger partial charge in [-0.25, -0.2) is 4.39 Å². The van der Waals surface area contributed by atoms with E-state index in [1.807, 2.05) is 7.05 Å². The van der Waals surface area contributed by atoms with Crippen molar-refractivity contribution in [3.63, 3.8) is 0 Å². The van der Waals surface area contributed by atoms with Crippen LogP contribution in [0.1, 0.15) is 50.5 Å². The second-order valence-electron chi connectivity index (χ2n) is 9.03. The number of nitrogens with zero attached hydrogens (tertiary/aromatic N) is 2. The van der Waals surface area contributed by atoms with Gasteiger partial charge in [0.15, 0.2) is 0 Å². The van der Waals surface area contributed by atoms with Gasteiger partial charge in [0.1, 0.15) is 11.3 Å². The number of benzene rings is 1. The smallest absolute Gasteiger partial charge is 0.226 e. The first-order chi connectivity index (χ1) is 13.9. The van der Waals surface area contributed by atoms with E-state index < -0.39 is 0 Å². The van der Waals surface area contributed by atoms with Gasteiger partial charge in [-0.05, 0) is 43.0 Å². The molecule has 0 bridgehead atoms. The molecule has 29 heavy (non-hydrogen) atoms. The number of nitrogens with one attached hydrogen (secondary N) is 1. The van der Waals surface area contributed by atoms with Crippen LogP contribution in [0.3, 0.4) is 0 Å². The van der Waals surface area contributed by atoms with Crippen molar-refractivity contribution in [3.05, 3.63) is 46.0 Å². The lowest BCUT2D eigenvalue weighted by molar-refractivity contribution is -0.121. The molecule has 4 aliphatic rings. The van der Waals surface area contributed by atoms with Crippen molar-refractivity contribution in [2.45, 2.75) is 61.9 Å². The van der Waals surface area contributed by atoms with Gasteiger partial charge in [0.25, 0.3) is 0 Å². The minimum Gasteiger partial charge on any atom is -0.353 e. The average Bonchev–Trinajstić information content (AvgIpc) is 3.26. The molecule has 1 amide bonds. The Balaban J connectivity index is 1.40. The lowest BCUT2D eigenvalue weighted by atomic mass is 9.93. The Bertz CT molecular complexity index is 887. The lowest BCUT2D eigenvalue weighted by Crippen LogP contribution is -2.38. The second kappa shape index (κ2) is 7.09. The van der Waals surface area contributed by atoms with Crippen molar-refractivity contribution >= 4 is 30.1 Å². The first kappa shape index (κ1) is 19.6. The summed E-state index contributed by atoms with van der Waals surface area (Å²) >= 11 is 11.0. The first-order valence-corrected chi connectivity index (χ1v) is 11.5. The zero-order valence-corrected chi connectivity index (χ0v) is 18.3. The predicted molar refractivity (Wildman–Crippen MR) is 115 cm³/mol. The molecule has 156 valence electrons. The van der Waals surface area contributed by atoms with Crippen LogP contribution in [0, 0.1) is 11.7 Å². The van der Waals surface area contributed by atoms with Gasteiger partial charge in [0, 0.05) is 47.4 Å². The quantitative estimate of drug-likeness (QED) is 0.693. The van der Waals surface area contributed by atoms with Gasteiger partial charge in [-0.2, -0.15) is 0 Å². The van der Waals surface area contributed by atoms with E-state index >= 15 is 0 Å². The van der Waals surface area contributed by atoms with E-state index in [-0.39, 0.29) is 28.6 Å². The second-order valence-corrected chi connectivity index (χ2v) is 9.93. The van der Waals surface area contributed by atoms with E-state index in [4.69, 9.17) is 24.2 Å². The molecule has 3 atom stereocenters. The molecule has 2 aliphatic heterocycles. The third-order valence-electron chi connectivity index (χ3n) is 7.28. The number of thiol groups is 1. The van der Waals surface area contributed by atoms with Crippen LogP contribution in [0.4, 0.5) is 4.39 Å². The van der Waals surface area contributed by atoms with Gasteiger partial charge in [-0.3, -0.25) is 4.79 Å². The van der Waals surface area contributed by atoms with Crippen LogP contribution >= 0.6 is 24.2 Å². The fraction of sp³-hybridized carbons (Fsp3) is 0.591. The van der Waals surface area contributed by atoms with Crippen LogP contribution in [-0.4, -0.2) is 40.8 Å². The monoisotopic (exact) mass is 435 g/mol. The fourth-order valence-corrected chi connectivity index (χ4v) is 6.20. The molecule has 0 spiro atoms. The molecule has 1 unspecified atom stereocenters. The molecule has 1 N–H and O–H groups in total. The summed E-state index contributed by atoms with van der Waals surface area (Å²) < 4.78 is 14.6. The van der Waals surface area contributed by atoms with Crippen LogP contribution in [0.25, 0.3) is 0 Å². The number of amides is 1. The zero-order chi connectivity index (χ0) is 20.3. The highest BCUT2D eigenvalue weighted by atomic mass is 35.5. The maximum Gasteiger partial charge on any atom is 0.226 e. The predicted octanol–water partition coefficient (Wildman–Crippen LogP) is 4.26. The molecule has 4 nitrogen and oxygen atoms in total. The van der Waals surface area contributed by atoms with E-state index in [2.05, 4.69) is 15.1 Å². The van der Waals surface area contributed by atoms with Gasteiger partial charge in [0.05, 0.1) is 6.42 Å². The Hall–Kier alpha value is -1.40. The summed E-state index contributed by atoms with van der Waals surface area (Å²) in [7, 11) is 2.00. The van der Waals surface area contributed by atoms with E-state index in [0.717, 1.165) is 31.5 Å². The van der Waals surface area contributed by atoms with Gasteiger partial charge in [-0.1, -0.05) is 30.9 Å². The minimum atomic E-state index is -0.238. The molecule has 2 heterocycles. The van der Waals surface area contributed by atoms with Crippen molar-refractivity contribution in [3.8, 4) is 0 Å². The summed E-state index contributed by atoms with van der Waals surface area (Å²) in [6.45, 7) is 0.719. The maximum absolute atomic E-state index is 14.6. The van der Waals surface area contributed by atoms with E-state index in [1.54, 1.807) is 12.1 Å². The number of rotatable bonds is 4. The zero-order valence-electron chi connectivity index (χ0n) is 16.6. The Labute approximate surface area is 181 Å². The van der Waals surface area contributed by atoms with Crippen LogP contribution in [0.2, 0.25) is 5.02 Å². The van der Waals surface area contributed by atoms with Gasteiger partial charge in [0.2, 0.25) is 5.91 Å². The number of hydrogen-bond donors (Lipinski definition) is 2. The van der Waals surface area contributed by atoms with Crippen molar-refractivity contribution in [1.29, 1.82) is 0 Å². The van der Waals surface area contributed by atoms with Crippen LogP contribution in [-0.2, 0) is 10.2 Å². The summed E-state index contributed by atoms with van der Waals surface area (Å²) in [6.07, 6.45) is 7.08. The summed E-state index contributed by atoms with van der Waals surface area (Å²) in [5.74, 6) is 0.118. The summed E-state index contributed by atoms with van der Waals surface area (Å²) in [6, 6.07) is 5.13. The standard InChI is InChI=1S/C22H27ClFN3OS/c1-26-18(10-19(28)25-14-5-3-2-4-6-14)20-16-11-22(16,12-27(20)21(26)29)15-9-13(23)7-8-17(15)24/h7-9,14,16,21,29H,2-6,10-12H2,1H3,(H,25,28)/t16-,21?,22+/m0/s1. The van der Waals surface area contributed by atoms with E-state index in [9.17, 15) is 9.18 Å². The molecular weight excluding hydrogens is 409 g/mol. The maximum atomic E-state index is 14.6. The number of allylic oxidation sites excluding steroid dienone is 1. The Morgan fingerprint density at radius 3 is 2.86 bits per heavy atom. The van der Waals surface area contributed by atoms with E-state index in [1.165, 1.54) is 31.0 Å². The molecule has 2 aliphatic carbocycles. The Kier molecular flexibility index (Phi) is 4.78. The molecule has 1 aromatic carbocycles. The van der Waals surface area contributed by atoms with Crippen LogP contribution < -0.4 is 5.32 Å². The fourth-order valence-electron chi connectivity index (χ4n) is 5.68. The number of halogens is 2. The van der Waals surface area contributed by atoms with Gasteiger partial charge < -0.3 is 15.1 Å². The highest BCUT2D eigenvalue weighted by Gasteiger charge is 2.67. The number of carbonyl (C=O) groups is 1. The third kappa shape index (κ3) is 3.14. The van der Waals surface area contributed by atoms with Crippen LogP contribution in [0.15, 0.2) is 29.6 Å². The normalized spacial score (nSPS) is 31.2. The Morgan fingerprint density at radius 2 is 2.10 bits per heavy atom. The number of fused-ring (bicyclic) bond motifs is 3. The first-order valence-electron chi connectivity index (χ1n) is 10.6. The minimum absolute atomic E-state index is 0.0840. The SMILES string of the molecule is CN1C(CC(=O)NC2CCCCC2)=C2[C@@H]3C[C@]3(c3cc(Cl)ccc3F)CN2C1S. The van der Waals surface area contributed by atoms with Gasteiger partial charge >= 0.3 is 0 Å². The molecule has 1 aromatic rings. The van der Waals surface area contributed by atoms with Crippen molar-refractivity contribution < 1.29 is 9.18 Å². The van der Waals surface area contributed by atoms with Crippen molar-refractivity contribution in [2.24, 2.45) is 5.92 Å². The number of piperidine rings is 1. The topological polar surface area (TPSA) is 35.6 Å². The molecule has 5 rings (SSSR count). The van der Waals surface area contributed by atoms with E-state index in [0.29, 0.717) is 23.0 Å². The molecule has 1 saturated heterocycles. The molecular formula is C22H27ClFN3OS. The molecule has 3 fully saturated rings. The highest BCUT2D eigenvalue weighted by molar-refractivity contribution is 7.80. The molecule has 7 heteroatoms. The number of hydrogen-bond acceptors (Lipinski definition) is 4. The molecule has 0 radical (unpaired) electrons. The van der Waals surface area contributed by atoms with Crippen LogP contribution in [0.5, 0.6) is 0 Å². The summed E-state index contributed by atoms with van der Waals surface area (Å²) in [5, 5.41) is 3.79. The lowest BCUT2D eigenvalue weighted by Gasteiger charge is -2.29. The van der Waals surface area contributed by atoms with Gasteiger partial charge in [-0.15, -0.1) is 12.6 Å². The largest absolute Gasteiger partial charge is 0.353 e. The summed E-state index contributed by atoms with van der Waals surface area (Å²) in [5.41, 5.74) is 2.55.